The zero-order valence-electron chi connectivity index (χ0n) is 15.0. The zero-order chi connectivity index (χ0) is 17.5. The predicted octanol–water partition coefficient (Wildman–Crippen LogP) is 2.06. The van der Waals surface area contributed by atoms with Gasteiger partial charge in [0.2, 0.25) is 0 Å². The normalized spacial score (nSPS) is 22.3. The molecule has 134 valence electrons. The van der Waals surface area contributed by atoms with Crippen LogP contribution >= 0.6 is 0 Å². The van der Waals surface area contributed by atoms with Crippen LogP contribution in [0.2, 0.25) is 0 Å². The Balaban J connectivity index is 1.17. The van der Waals surface area contributed by atoms with Crippen LogP contribution < -0.4 is 5.32 Å². The Bertz CT molecular complexity index is 866. The molecule has 6 nitrogen and oxygen atoms in total. The van der Waals surface area contributed by atoms with Crippen molar-refractivity contribution in [3.05, 3.63) is 65.5 Å². The first-order valence-electron chi connectivity index (χ1n) is 9.44. The highest BCUT2D eigenvalue weighted by Crippen LogP contribution is 2.37. The number of rotatable bonds is 5. The van der Waals surface area contributed by atoms with E-state index in [1.807, 2.05) is 16.9 Å². The van der Waals surface area contributed by atoms with E-state index in [1.54, 1.807) is 6.20 Å². The molecular weight excluding hydrogens is 324 g/mol. The van der Waals surface area contributed by atoms with Crippen LogP contribution in [0, 0.1) is 0 Å². The van der Waals surface area contributed by atoms with E-state index in [2.05, 4.69) is 56.5 Å². The van der Waals surface area contributed by atoms with Gasteiger partial charge < -0.3 is 9.88 Å². The van der Waals surface area contributed by atoms with Gasteiger partial charge in [-0.25, -0.2) is 0 Å². The summed E-state index contributed by atoms with van der Waals surface area (Å²) in [5.41, 5.74) is 3.02. The Morgan fingerprint density at radius 3 is 2.50 bits per heavy atom. The monoisotopic (exact) mass is 348 g/mol. The molecule has 2 aliphatic carbocycles. The van der Waals surface area contributed by atoms with Gasteiger partial charge in [0.05, 0.1) is 0 Å². The Labute approximate surface area is 153 Å². The lowest BCUT2D eigenvalue weighted by Crippen LogP contribution is -2.46. The highest BCUT2D eigenvalue weighted by molar-refractivity contribution is 5.33. The number of fused-ring (bicyclic) bond motifs is 1. The fourth-order valence-electron chi connectivity index (χ4n) is 4.38. The van der Waals surface area contributed by atoms with Crippen molar-refractivity contribution in [2.24, 2.45) is 7.05 Å². The van der Waals surface area contributed by atoms with Crippen LogP contribution in [-0.4, -0.2) is 36.6 Å². The highest BCUT2D eigenvalue weighted by Gasteiger charge is 2.36. The van der Waals surface area contributed by atoms with E-state index in [1.165, 1.54) is 11.1 Å². The average Bonchev–Trinajstić information content (AvgIpc) is 3.33. The minimum Gasteiger partial charge on any atom is -0.316 e. The largest absolute Gasteiger partial charge is 0.316 e. The lowest BCUT2D eigenvalue weighted by molar-refractivity contribution is 0.255. The van der Waals surface area contributed by atoms with E-state index >= 15 is 0 Å². The third-order valence-electron chi connectivity index (χ3n) is 5.89. The maximum absolute atomic E-state index is 4.46. The second-order valence-electron chi connectivity index (χ2n) is 7.64. The van der Waals surface area contributed by atoms with Gasteiger partial charge in [-0.2, -0.15) is 5.10 Å². The van der Waals surface area contributed by atoms with Crippen LogP contribution in [-0.2, 0) is 26.4 Å². The van der Waals surface area contributed by atoms with Gasteiger partial charge in [-0.15, -0.1) is 10.2 Å². The molecule has 0 spiro atoms. The van der Waals surface area contributed by atoms with Crippen LogP contribution in [0.5, 0.6) is 0 Å². The second kappa shape index (κ2) is 6.36. The first-order valence-corrected chi connectivity index (χ1v) is 9.44. The first-order chi connectivity index (χ1) is 12.8. The van der Waals surface area contributed by atoms with Gasteiger partial charge >= 0.3 is 0 Å². The summed E-state index contributed by atoms with van der Waals surface area (Å²) in [6.45, 7) is 0.672. The Morgan fingerprint density at radius 2 is 1.81 bits per heavy atom. The second-order valence-corrected chi connectivity index (χ2v) is 7.64. The summed E-state index contributed by atoms with van der Waals surface area (Å²) in [5.74, 6) is 2.59. The summed E-state index contributed by atoms with van der Waals surface area (Å²) in [5, 5.41) is 16.9. The van der Waals surface area contributed by atoms with E-state index < -0.39 is 0 Å². The average molecular weight is 348 g/mol. The lowest BCUT2D eigenvalue weighted by atomic mass is 9.79. The molecule has 26 heavy (non-hydrogen) atoms. The molecule has 0 unspecified atom stereocenters. The lowest BCUT2D eigenvalue weighted by Gasteiger charge is -2.37. The van der Waals surface area contributed by atoms with E-state index in [-0.39, 0.29) is 0 Å². The van der Waals surface area contributed by atoms with Crippen molar-refractivity contribution in [2.45, 2.75) is 50.2 Å². The van der Waals surface area contributed by atoms with Crippen LogP contribution in [0.25, 0.3) is 0 Å². The van der Waals surface area contributed by atoms with Crippen molar-refractivity contribution in [3.63, 3.8) is 0 Å². The fourth-order valence-corrected chi connectivity index (χ4v) is 4.38. The van der Waals surface area contributed by atoms with Crippen molar-refractivity contribution in [3.8, 4) is 0 Å². The molecule has 1 fully saturated rings. The van der Waals surface area contributed by atoms with Gasteiger partial charge in [0.1, 0.15) is 12.4 Å². The molecule has 2 aromatic heterocycles. The smallest absolute Gasteiger partial charge is 0.154 e. The fraction of sp³-hybridized carbons (Fsp3) is 0.450. The summed E-state index contributed by atoms with van der Waals surface area (Å²) >= 11 is 0. The molecule has 1 saturated carbocycles. The van der Waals surface area contributed by atoms with Crippen LogP contribution in [0.1, 0.15) is 41.5 Å². The van der Waals surface area contributed by atoms with Crippen molar-refractivity contribution in [2.75, 3.05) is 0 Å². The summed E-state index contributed by atoms with van der Waals surface area (Å²) in [6.07, 6.45) is 8.38. The van der Waals surface area contributed by atoms with Crippen LogP contribution in [0.3, 0.4) is 0 Å². The van der Waals surface area contributed by atoms with Crippen molar-refractivity contribution in [1.29, 1.82) is 0 Å². The molecule has 0 aliphatic heterocycles. The Hall–Kier alpha value is -2.47. The van der Waals surface area contributed by atoms with Crippen molar-refractivity contribution >= 4 is 0 Å². The summed E-state index contributed by atoms with van der Waals surface area (Å²) in [7, 11) is 2.07. The maximum atomic E-state index is 4.46. The van der Waals surface area contributed by atoms with Crippen molar-refractivity contribution in [1.82, 2.24) is 29.9 Å². The number of nitrogens with one attached hydrogen (secondary N) is 1. The van der Waals surface area contributed by atoms with Crippen molar-refractivity contribution < 1.29 is 0 Å². The number of nitrogens with zero attached hydrogens (tertiary/aromatic N) is 5. The van der Waals surface area contributed by atoms with E-state index in [0.29, 0.717) is 24.5 Å². The molecule has 3 aromatic rings. The van der Waals surface area contributed by atoms with E-state index in [9.17, 15) is 0 Å². The van der Waals surface area contributed by atoms with Crippen LogP contribution in [0.15, 0.2) is 42.7 Å². The molecule has 0 atom stereocenters. The van der Waals surface area contributed by atoms with Gasteiger partial charge in [0.15, 0.2) is 5.82 Å². The van der Waals surface area contributed by atoms with Gasteiger partial charge in [0, 0.05) is 37.4 Å². The van der Waals surface area contributed by atoms with Gasteiger partial charge in [-0.05, 0) is 42.9 Å². The summed E-state index contributed by atoms with van der Waals surface area (Å²) in [6, 6.07) is 12.0. The van der Waals surface area contributed by atoms with Gasteiger partial charge in [-0.3, -0.25) is 4.68 Å². The minimum absolute atomic E-state index is 0.514. The molecule has 1 aromatic carbocycles. The molecule has 2 aliphatic rings. The highest BCUT2D eigenvalue weighted by atomic mass is 15.3. The number of aromatic nitrogens is 5. The number of hydrogen-bond acceptors (Lipinski definition) is 4. The molecule has 0 radical (unpaired) electrons. The number of hydrogen-bond donors (Lipinski definition) is 1. The topological polar surface area (TPSA) is 60.6 Å². The molecule has 5 rings (SSSR count). The van der Waals surface area contributed by atoms with Gasteiger partial charge in [0.25, 0.3) is 0 Å². The Morgan fingerprint density at radius 1 is 1.04 bits per heavy atom. The SMILES string of the molecule is Cn1c(Cn2cccn2)nnc1C1CC(NC2Cc3ccccc3C2)C1. The molecule has 6 heteroatoms. The standard InChI is InChI=1S/C20H24N6/c1-25-19(13-26-8-4-7-21-26)23-24-20(25)16-11-18(12-16)22-17-9-14-5-2-3-6-15(14)10-17/h2-8,16-18,22H,9-13H2,1H3. The first kappa shape index (κ1) is 15.8. The zero-order valence-corrected chi connectivity index (χ0v) is 15.0. The minimum atomic E-state index is 0.514. The quantitative estimate of drug-likeness (QED) is 0.767. The molecule has 0 amide bonds. The molecule has 0 bridgehead atoms. The molecular formula is C20H24N6. The summed E-state index contributed by atoms with van der Waals surface area (Å²) < 4.78 is 4.03. The van der Waals surface area contributed by atoms with E-state index in [4.69, 9.17) is 0 Å². The van der Waals surface area contributed by atoms with Crippen LogP contribution in [0.4, 0.5) is 0 Å². The molecule has 1 N–H and O–H groups in total. The third-order valence-corrected chi connectivity index (χ3v) is 5.89. The molecule has 2 heterocycles. The summed E-state index contributed by atoms with van der Waals surface area (Å²) in [4.78, 5) is 0. The van der Waals surface area contributed by atoms with E-state index in [0.717, 1.165) is 37.3 Å². The van der Waals surface area contributed by atoms with Gasteiger partial charge in [-0.1, -0.05) is 24.3 Å². The Kier molecular flexibility index (Phi) is 3.85. The molecule has 0 saturated heterocycles. The number of benzene rings is 1. The third kappa shape index (κ3) is 2.84. The maximum Gasteiger partial charge on any atom is 0.154 e. The predicted molar refractivity (Wildman–Crippen MR) is 98.9 cm³/mol.